The standard InChI is InChI=1S/C9H15N5S/c1-3-13(4-2-10-1)8-5-14(6-8)9-12-11-7-15-9/h7-8,10H,1-6H2. The van der Waals surface area contributed by atoms with Crippen molar-refractivity contribution >= 4 is 16.5 Å². The molecule has 6 heteroatoms. The van der Waals surface area contributed by atoms with Gasteiger partial charge in [0.2, 0.25) is 5.13 Å². The highest BCUT2D eigenvalue weighted by atomic mass is 32.1. The molecule has 2 aliphatic heterocycles. The molecular formula is C9H15N5S. The van der Waals surface area contributed by atoms with Crippen LogP contribution in [-0.2, 0) is 0 Å². The van der Waals surface area contributed by atoms with Gasteiger partial charge in [-0.1, -0.05) is 11.3 Å². The van der Waals surface area contributed by atoms with Crippen LogP contribution in [0.1, 0.15) is 0 Å². The molecule has 82 valence electrons. The first-order chi connectivity index (χ1) is 7.43. The van der Waals surface area contributed by atoms with E-state index in [1.807, 2.05) is 0 Å². The average molecular weight is 225 g/mol. The lowest BCUT2D eigenvalue weighted by atomic mass is 10.1. The molecule has 1 aromatic rings. The van der Waals surface area contributed by atoms with Crippen LogP contribution in [0.4, 0.5) is 5.13 Å². The maximum Gasteiger partial charge on any atom is 0.208 e. The first kappa shape index (κ1) is 9.50. The fraction of sp³-hybridized carbons (Fsp3) is 0.778. The van der Waals surface area contributed by atoms with E-state index >= 15 is 0 Å². The van der Waals surface area contributed by atoms with Crippen molar-refractivity contribution < 1.29 is 0 Å². The highest BCUT2D eigenvalue weighted by Crippen LogP contribution is 2.24. The third-order valence-corrected chi connectivity index (χ3v) is 3.90. The molecule has 0 aromatic carbocycles. The fourth-order valence-electron chi connectivity index (χ4n) is 2.19. The molecule has 0 aliphatic carbocycles. The van der Waals surface area contributed by atoms with Gasteiger partial charge < -0.3 is 10.2 Å². The summed E-state index contributed by atoms with van der Waals surface area (Å²) in [4.78, 5) is 4.89. The van der Waals surface area contributed by atoms with Gasteiger partial charge in [-0.25, -0.2) is 0 Å². The molecule has 2 fully saturated rings. The summed E-state index contributed by atoms with van der Waals surface area (Å²) in [6.45, 7) is 6.89. The lowest BCUT2D eigenvalue weighted by Crippen LogP contribution is -2.62. The van der Waals surface area contributed by atoms with Crippen LogP contribution in [-0.4, -0.2) is 60.4 Å². The molecule has 3 rings (SSSR count). The largest absolute Gasteiger partial charge is 0.343 e. The Balaban J connectivity index is 1.53. The Kier molecular flexibility index (Phi) is 2.56. The normalized spacial score (nSPS) is 24.1. The molecular weight excluding hydrogens is 210 g/mol. The van der Waals surface area contributed by atoms with Crippen LogP contribution in [0.5, 0.6) is 0 Å². The first-order valence-corrected chi connectivity index (χ1v) is 6.27. The van der Waals surface area contributed by atoms with Crippen LogP contribution < -0.4 is 10.2 Å². The quantitative estimate of drug-likeness (QED) is 0.744. The highest BCUT2D eigenvalue weighted by molar-refractivity contribution is 7.13. The molecule has 1 N–H and O–H groups in total. The van der Waals surface area contributed by atoms with E-state index in [4.69, 9.17) is 0 Å². The summed E-state index contributed by atoms with van der Waals surface area (Å²) in [5, 5.41) is 12.4. The summed E-state index contributed by atoms with van der Waals surface area (Å²) >= 11 is 1.63. The topological polar surface area (TPSA) is 44.3 Å². The van der Waals surface area contributed by atoms with Crippen molar-refractivity contribution in [3.8, 4) is 0 Å². The number of nitrogens with zero attached hydrogens (tertiary/aromatic N) is 4. The van der Waals surface area contributed by atoms with Crippen LogP contribution in [0.2, 0.25) is 0 Å². The van der Waals surface area contributed by atoms with Crippen molar-refractivity contribution in [2.24, 2.45) is 0 Å². The van der Waals surface area contributed by atoms with Gasteiger partial charge in [0, 0.05) is 45.3 Å². The molecule has 0 amide bonds. The van der Waals surface area contributed by atoms with E-state index in [-0.39, 0.29) is 0 Å². The Labute approximate surface area is 93.1 Å². The van der Waals surface area contributed by atoms with Gasteiger partial charge in [0.1, 0.15) is 5.51 Å². The summed E-state index contributed by atoms with van der Waals surface area (Å²) in [5.41, 5.74) is 1.80. The van der Waals surface area contributed by atoms with Gasteiger partial charge in [-0.05, 0) is 0 Å². The van der Waals surface area contributed by atoms with Crippen LogP contribution in [0, 0.1) is 0 Å². The van der Waals surface area contributed by atoms with Gasteiger partial charge in [-0.2, -0.15) is 0 Å². The maximum absolute atomic E-state index is 4.08. The smallest absolute Gasteiger partial charge is 0.208 e. The van der Waals surface area contributed by atoms with Crippen molar-refractivity contribution in [1.29, 1.82) is 0 Å². The molecule has 2 aliphatic rings. The summed E-state index contributed by atoms with van der Waals surface area (Å²) in [7, 11) is 0. The zero-order valence-electron chi connectivity index (χ0n) is 8.59. The number of nitrogens with one attached hydrogen (secondary N) is 1. The molecule has 0 spiro atoms. The van der Waals surface area contributed by atoms with Crippen LogP contribution in [0.3, 0.4) is 0 Å². The Morgan fingerprint density at radius 2 is 2.13 bits per heavy atom. The number of hydrogen-bond donors (Lipinski definition) is 1. The number of anilines is 1. The van der Waals surface area contributed by atoms with Crippen LogP contribution >= 0.6 is 11.3 Å². The highest BCUT2D eigenvalue weighted by Gasteiger charge is 2.33. The van der Waals surface area contributed by atoms with Crippen molar-refractivity contribution in [2.75, 3.05) is 44.2 Å². The Bertz CT molecular complexity index is 302. The molecule has 5 nitrogen and oxygen atoms in total. The summed E-state index contributed by atoms with van der Waals surface area (Å²) in [5.74, 6) is 0. The molecule has 0 radical (unpaired) electrons. The van der Waals surface area contributed by atoms with Gasteiger partial charge in [0.15, 0.2) is 0 Å². The van der Waals surface area contributed by atoms with E-state index in [0.717, 1.165) is 37.4 Å². The number of piperazine rings is 1. The van der Waals surface area contributed by atoms with E-state index in [9.17, 15) is 0 Å². The molecule has 3 heterocycles. The van der Waals surface area contributed by atoms with Crippen molar-refractivity contribution in [1.82, 2.24) is 20.4 Å². The monoisotopic (exact) mass is 225 g/mol. The number of aromatic nitrogens is 2. The Morgan fingerprint density at radius 1 is 1.33 bits per heavy atom. The van der Waals surface area contributed by atoms with Crippen LogP contribution in [0.25, 0.3) is 0 Å². The fourth-order valence-corrected chi connectivity index (χ4v) is 2.78. The second-order valence-electron chi connectivity index (χ2n) is 4.07. The molecule has 0 unspecified atom stereocenters. The molecule has 0 atom stereocenters. The average Bonchev–Trinajstić information content (AvgIpc) is 2.70. The second kappa shape index (κ2) is 4.03. The molecule has 15 heavy (non-hydrogen) atoms. The minimum absolute atomic E-state index is 0.732. The lowest BCUT2D eigenvalue weighted by molar-refractivity contribution is 0.147. The third kappa shape index (κ3) is 1.84. The second-order valence-corrected chi connectivity index (χ2v) is 4.88. The van der Waals surface area contributed by atoms with Gasteiger partial charge in [0.05, 0.1) is 0 Å². The molecule has 0 bridgehead atoms. The molecule has 2 saturated heterocycles. The zero-order chi connectivity index (χ0) is 10.1. The van der Waals surface area contributed by atoms with E-state index in [2.05, 4.69) is 25.3 Å². The first-order valence-electron chi connectivity index (χ1n) is 5.39. The minimum Gasteiger partial charge on any atom is -0.343 e. The van der Waals surface area contributed by atoms with E-state index < -0.39 is 0 Å². The van der Waals surface area contributed by atoms with E-state index in [1.54, 1.807) is 16.8 Å². The van der Waals surface area contributed by atoms with Gasteiger partial charge in [0.25, 0.3) is 0 Å². The Hall–Kier alpha value is -0.720. The summed E-state index contributed by atoms with van der Waals surface area (Å²) < 4.78 is 0. The van der Waals surface area contributed by atoms with Crippen molar-refractivity contribution in [2.45, 2.75) is 6.04 Å². The van der Waals surface area contributed by atoms with E-state index in [0.29, 0.717) is 0 Å². The van der Waals surface area contributed by atoms with Crippen molar-refractivity contribution in [3.63, 3.8) is 0 Å². The lowest BCUT2D eigenvalue weighted by Gasteiger charge is -2.46. The molecule has 0 saturated carbocycles. The minimum atomic E-state index is 0.732. The summed E-state index contributed by atoms with van der Waals surface area (Å²) in [6.07, 6.45) is 0. The number of rotatable bonds is 2. The predicted molar refractivity (Wildman–Crippen MR) is 60.4 cm³/mol. The molecule has 1 aromatic heterocycles. The summed E-state index contributed by atoms with van der Waals surface area (Å²) in [6, 6.07) is 0.732. The predicted octanol–water partition coefficient (Wildman–Crippen LogP) is -0.368. The number of hydrogen-bond acceptors (Lipinski definition) is 6. The maximum atomic E-state index is 4.08. The van der Waals surface area contributed by atoms with E-state index in [1.165, 1.54) is 13.1 Å². The zero-order valence-corrected chi connectivity index (χ0v) is 9.41. The van der Waals surface area contributed by atoms with Crippen LogP contribution in [0.15, 0.2) is 5.51 Å². The van der Waals surface area contributed by atoms with Crippen molar-refractivity contribution in [3.05, 3.63) is 5.51 Å². The van der Waals surface area contributed by atoms with Gasteiger partial charge in [-0.15, -0.1) is 10.2 Å². The SMILES string of the molecule is c1nnc(N2CC(N3CCNCC3)C2)s1. The van der Waals surface area contributed by atoms with Gasteiger partial charge in [-0.3, -0.25) is 4.90 Å². The van der Waals surface area contributed by atoms with Gasteiger partial charge >= 0.3 is 0 Å². The third-order valence-electron chi connectivity index (χ3n) is 3.15. The Morgan fingerprint density at radius 3 is 2.80 bits per heavy atom.